The minimum absolute atomic E-state index is 0.148. The molecule has 5 heterocycles. The van der Waals surface area contributed by atoms with E-state index in [9.17, 15) is 19.2 Å². The van der Waals surface area contributed by atoms with Gasteiger partial charge >= 0.3 is 12.2 Å². The maximum atomic E-state index is 13.6. The van der Waals surface area contributed by atoms with Crippen molar-refractivity contribution in [3.8, 4) is 33.6 Å². The highest BCUT2D eigenvalue weighted by molar-refractivity contribution is 7.07. The first-order chi connectivity index (χ1) is 27.6. The van der Waals surface area contributed by atoms with Crippen molar-refractivity contribution < 1.29 is 33.4 Å². The van der Waals surface area contributed by atoms with Crippen LogP contribution in [0.2, 0.25) is 0 Å². The first kappa shape index (κ1) is 39.2. The number of H-pyrrole nitrogens is 2. The SMILES string of the molecule is COC(=O)NC(C(=O)N1CCCC1c1ncc(-c2ccc(-c3ccc(-c4cnc([C@@H]5CCCN5C(=O)[C@H](Cc5cscn5)OC(N)=O)[nH]4)cc3)cc2)[nH]1)[C@@H](C)OC. The molecule has 2 saturated heterocycles. The van der Waals surface area contributed by atoms with Crippen molar-refractivity contribution >= 4 is 35.3 Å². The first-order valence-electron chi connectivity index (χ1n) is 18.8. The number of ether oxygens (including phenoxy) is 3. The Morgan fingerprint density at radius 1 is 0.825 bits per heavy atom. The van der Waals surface area contributed by atoms with Crippen LogP contribution in [0.4, 0.5) is 9.59 Å². The predicted octanol–water partition coefficient (Wildman–Crippen LogP) is 5.38. The second kappa shape index (κ2) is 17.4. The fourth-order valence-electron chi connectivity index (χ4n) is 7.53. The summed E-state index contributed by atoms with van der Waals surface area (Å²) in [5.41, 5.74) is 13.2. The molecular formula is C40H45N9O7S. The van der Waals surface area contributed by atoms with Crippen LogP contribution < -0.4 is 11.1 Å². The molecule has 5 atom stereocenters. The molecule has 4 amide bonds. The Kier molecular flexibility index (Phi) is 11.9. The quantitative estimate of drug-likeness (QED) is 0.119. The van der Waals surface area contributed by atoms with Gasteiger partial charge in [0.2, 0.25) is 5.91 Å². The summed E-state index contributed by atoms with van der Waals surface area (Å²) in [5.74, 6) is 0.767. The number of likely N-dealkylation sites (tertiary alicyclic amines) is 2. The second-order valence-corrected chi connectivity index (χ2v) is 14.8. The van der Waals surface area contributed by atoms with Gasteiger partial charge in [0.05, 0.1) is 60.3 Å². The number of aromatic amines is 2. The third kappa shape index (κ3) is 8.68. The van der Waals surface area contributed by atoms with Gasteiger partial charge in [0.25, 0.3) is 5.91 Å². The van der Waals surface area contributed by atoms with Crippen LogP contribution in [0.5, 0.6) is 0 Å². The fourth-order valence-corrected chi connectivity index (χ4v) is 8.10. The summed E-state index contributed by atoms with van der Waals surface area (Å²) in [4.78, 5) is 74.7. The second-order valence-electron chi connectivity index (χ2n) is 14.1. The molecule has 3 aromatic heterocycles. The smallest absolute Gasteiger partial charge is 0.407 e. The highest BCUT2D eigenvalue weighted by atomic mass is 32.1. The summed E-state index contributed by atoms with van der Waals surface area (Å²) < 4.78 is 15.4. The van der Waals surface area contributed by atoms with Crippen molar-refractivity contribution in [1.29, 1.82) is 0 Å². The number of thiazole rings is 1. The van der Waals surface area contributed by atoms with Crippen LogP contribution in [0, 0.1) is 0 Å². The average molecular weight is 796 g/mol. The number of nitrogens with zero attached hydrogens (tertiary/aromatic N) is 5. The summed E-state index contributed by atoms with van der Waals surface area (Å²) >= 11 is 1.40. The lowest BCUT2D eigenvalue weighted by Crippen LogP contribution is -2.54. The molecule has 2 aromatic carbocycles. The number of imidazole rings is 2. The number of carbonyl (C=O) groups is 4. The number of rotatable bonds is 13. The zero-order valence-corrected chi connectivity index (χ0v) is 32.7. The topological polar surface area (TPSA) is 211 Å². The van der Waals surface area contributed by atoms with Gasteiger partial charge in [-0.05, 0) is 54.9 Å². The van der Waals surface area contributed by atoms with Crippen molar-refractivity contribution in [1.82, 2.24) is 40.0 Å². The van der Waals surface area contributed by atoms with E-state index in [0.717, 1.165) is 59.3 Å². The average Bonchev–Trinajstić information content (AvgIpc) is 4.08. The minimum atomic E-state index is -1.07. The van der Waals surface area contributed by atoms with Crippen molar-refractivity contribution in [3.63, 3.8) is 0 Å². The van der Waals surface area contributed by atoms with Gasteiger partial charge in [-0.2, -0.15) is 0 Å². The molecule has 5 aromatic rings. The fraction of sp³-hybridized carbons (Fsp3) is 0.375. The van der Waals surface area contributed by atoms with Gasteiger partial charge in [0, 0.05) is 32.0 Å². The Morgan fingerprint density at radius 3 is 1.82 bits per heavy atom. The molecule has 0 saturated carbocycles. The number of carbonyl (C=O) groups excluding carboxylic acids is 4. The summed E-state index contributed by atoms with van der Waals surface area (Å²) in [6.45, 7) is 2.78. The molecule has 2 fully saturated rings. The van der Waals surface area contributed by atoms with Gasteiger partial charge in [0.15, 0.2) is 6.10 Å². The van der Waals surface area contributed by atoms with E-state index in [1.807, 2.05) is 41.8 Å². The Morgan fingerprint density at radius 2 is 1.35 bits per heavy atom. The lowest BCUT2D eigenvalue weighted by molar-refractivity contribution is -0.141. The van der Waals surface area contributed by atoms with Crippen LogP contribution in [-0.2, 0) is 30.2 Å². The molecule has 7 rings (SSSR count). The molecule has 17 heteroatoms. The normalized spacial score (nSPS) is 18.2. The van der Waals surface area contributed by atoms with E-state index in [-0.39, 0.29) is 30.3 Å². The number of aromatic nitrogens is 5. The van der Waals surface area contributed by atoms with Crippen LogP contribution in [0.15, 0.2) is 71.8 Å². The molecule has 2 aliphatic rings. The summed E-state index contributed by atoms with van der Waals surface area (Å²) in [6.07, 6.45) is 3.41. The largest absolute Gasteiger partial charge is 0.453 e. The van der Waals surface area contributed by atoms with Crippen LogP contribution in [0.1, 0.15) is 62.0 Å². The monoisotopic (exact) mass is 795 g/mol. The van der Waals surface area contributed by atoms with Crippen LogP contribution in [0.3, 0.4) is 0 Å². The van der Waals surface area contributed by atoms with Crippen LogP contribution in [-0.4, -0.2) is 104 Å². The van der Waals surface area contributed by atoms with E-state index in [4.69, 9.17) is 19.9 Å². The van der Waals surface area contributed by atoms with Crippen molar-refractivity contribution in [2.75, 3.05) is 27.3 Å². The number of hydrogen-bond donors (Lipinski definition) is 4. The molecular weight excluding hydrogens is 751 g/mol. The maximum Gasteiger partial charge on any atom is 0.407 e. The highest BCUT2D eigenvalue weighted by Crippen LogP contribution is 2.35. The Labute approximate surface area is 333 Å². The molecule has 5 N–H and O–H groups in total. The third-order valence-corrected chi connectivity index (χ3v) is 11.2. The van der Waals surface area contributed by atoms with Gasteiger partial charge < -0.3 is 45.0 Å². The lowest BCUT2D eigenvalue weighted by atomic mass is 10.0. The molecule has 2 aliphatic heterocycles. The highest BCUT2D eigenvalue weighted by Gasteiger charge is 2.39. The third-order valence-electron chi connectivity index (χ3n) is 10.6. The lowest BCUT2D eigenvalue weighted by Gasteiger charge is -2.30. The molecule has 0 bridgehead atoms. The minimum Gasteiger partial charge on any atom is -0.453 e. The number of hydrogen-bond acceptors (Lipinski definition) is 11. The summed E-state index contributed by atoms with van der Waals surface area (Å²) in [7, 11) is 2.75. The van der Waals surface area contributed by atoms with Gasteiger partial charge in [-0.1, -0.05) is 48.5 Å². The number of nitrogens with two attached hydrogens (primary N) is 1. The number of alkyl carbamates (subject to hydrolysis) is 1. The van der Waals surface area contributed by atoms with Crippen molar-refractivity contribution in [2.45, 2.75) is 69.4 Å². The summed E-state index contributed by atoms with van der Waals surface area (Å²) in [5, 5.41) is 4.43. The Hall–Kier alpha value is -6.07. The molecule has 0 spiro atoms. The number of nitrogens with one attached hydrogen (secondary N) is 3. The van der Waals surface area contributed by atoms with E-state index < -0.39 is 30.4 Å². The first-order valence-corrected chi connectivity index (χ1v) is 19.7. The van der Waals surface area contributed by atoms with Crippen LogP contribution >= 0.6 is 11.3 Å². The number of methoxy groups -OCH3 is 2. The summed E-state index contributed by atoms with van der Waals surface area (Å²) in [6, 6.07) is 14.8. The van der Waals surface area contributed by atoms with Crippen LogP contribution in [0.25, 0.3) is 33.6 Å². The molecule has 16 nitrogen and oxygen atoms in total. The van der Waals surface area contributed by atoms with E-state index >= 15 is 0 Å². The number of primary amides is 1. The number of amides is 4. The standard InChI is InChI=1S/C40H45N9O7S/c1-23(54-2)34(47-40(53)55-3)38(51)49-17-5-7-32(49)36-43-20-30(46-36)27-14-10-25(11-15-27)24-8-12-26(13-9-24)29-19-42-35(45-29)31-6-4-16-48(31)37(50)33(56-39(41)52)18-28-21-57-22-44-28/h8-15,19-23,31-34H,4-7,16-18H2,1-3H3,(H2,41,52)(H,42,45)(H,43,46)(H,47,53)/t23-,31+,32?,33+,34?/m1/s1. The van der Waals surface area contributed by atoms with E-state index in [0.29, 0.717) is 30.4 Å². The molecule has 0 aliphatic carbocycles. The van der Waals surface area contributed by atoms with E-state index in [1.165, 1.54) is 25.6 Å². The van der Waals surface area contributed by atoms with Gasteiger partial charge in [0.1, 0.15) is 17.7 Å². The zero-order chi connectivity index (χ0) is 40.1. The van der Waals surface area contributed by atoms with Crippen molar-refractivity contribution in [2.24, 2.45) is 5.73 Å². The Balaban J connectivity index is 0.999. The van der Waals surface area contributed by atoms with Gasteiger partial charge in [-0.15, -0.1) is 11.3 Å². The van der Waals surface area contributed by atoms with Crippen molar-refractivity contribution in [3.05, 3.63) is 89.2 Å². The molecule has 2 unspecified atom stereocenters. The van der Waals surface area contributed by atoms with Gasteiger partial charge in [-0.25, -0.2) is 24.5 Å². The Bertz CT molecular complexity index is 2170. The van der Waals surface area contributed by atoms with E-state index in [2.05, 4.69) is 42.4 Å². The number of benzene rings is 2. The molecule has 0 radical (unpaired) electrons. The van der Waals surface area contributed by atoms with E-state index in [1.54, 1.807) is 34.6 Å². The molecule has 57 heavy (non-hydrogen) atoms. The zero-order valence-electron chi connectivity index (χ0n) is 31.8. The predicted molar refractivity (Wildman–Crippen MR) is 210 cm³/mol. The van der Waals surface area contributed by atoms with Gasteiger partial charge in [-0.3, -0.25) is 9.59 Å². The molecule has 298 valence electrons. The maximum absolute atomic E-state index is 13.6.